The first-order valence-electron chi connectivity index (χ1n) is 5.73. The fourth-order valence-corrected chi connectivity index (χ4v) is 3.25. The number of nitrogens with zero attached hydrogens (tertiary/aromatic N) is 1. The Morgan fingerprint density at radius 2 is 2.20 bits per heavy atom. The van der Waals surface area contributed by atoms with E-state index in [0.717, 1.165) is 12.5 Å². The maximum absolute atomic E-state index is 3.58. The molecule has 1 aromatic heterocycles. The zero-order valence-electron chi connectivity index (χ0n) is 8.66. The highest BCUT2D eigenvalue weighted by Crippen LogP contribution is 2.39. The van der Waals surface area contributed by atoms with Crippen LogP contribution >= 0.6 is 0 Å². The van der Waals surface area contributed by atoms with Crippen molar-refractivity contribution in [1.29, 1.82) is 0 Å². The smallest absolute Gasteiger partial charge is 0.0459 e. The van der Waals surface area contributed by atoms with Gasteiger partial charge in [0.25, 0.3) is 0 Å². The summed E-state index contributed by atoms with van der Waals surface area (Å²) < 4.78 is 0. The van der Waals surface area contributed by atoms with Crippen LogP contribution in [-0.2, 0) is 6.54 Å². The lowest BCUT2D eigenvalue weighted by atomic mass is 9.94. The second-order valence-electron chi connectivity index (χ2n) is 4.78. The normalized spacial score (nSPS) is 28.3. The first-order chi connectivity index (χ1) is 7.42. The molecule has 76 valence electrons. The Hall–Kier alpha value is -1.28. The van der Waals surface area contributed by atoms with E-state index in [1.54, 1.807) is 5.56 Å². The molecule has 2 aliphatic heterocycles. The summed E-state index contributed by atoms with van der Waals surface area (Å²) in [7, 11) is 0. The van der Waals surface area contributed by atoms with Crippen molar-refractivity contribution in [3.63, 3.8) is 0 Å². The van der Waals surface area contributed by atoms with E-state index in [-0.39, 0.29) is 0 Å². The molecule has 0 amide bonds. The van der Waals surface area contributed by atoms with Gasteiger partial charge in [-0.05, 0) is 24.6 Å². The predicted molar refractivity (Wildman–Crippen MR) is 60.9 cm³/mol. The first kappa shape index (κ1) is 7.94. The number of H-pyrrole nitrogens is 1. The molecule has 0 aliphatic carbocycles. The van der Waals surface area contributed by atoms with E-state index in [2.05, 4.69) is 34.1 Å². The minimum absolute atomic E-state index is 0.782. The summed E-state index contributed by atoms with van der Waals surface area (Å²) in [5.41, 5.74) is 4.39. The van der Waals surface area contributed by atoms with Gasteiger partial charge in [-0.3, -0.25) is 4.90 Å². The van der Waals surface area contributed by atoms with Crippen LogP contribution in [0.25, 0.3) is 10.9 Å². The molecule has 0 saturated carbocycles. The number of para-hydroxylation sites is 1. The molecular formula is C13H14N2. The van der Waals surface area contributed by atoms with Crippen LogP contribution in [0.5, 0.6) is 0 Å². The Morgan fingerprint density at radius 1 is 1.27 bits per heavy atom. The molecule has 1 aromatic carbocycles. The van der Waals surface area contributed by atoms with Crippen molar-refractivity contribution < 1.29 is 0 Å². The van der Waals surface area contributed by atoms with E-state index in [1.165, 1.54) is 36.1 Å². The molecule has 0 spiro atoms. The highest BCUT2D eigenvalue weighted by molar-refractivity contribution is 5.85. The molecule has 4 rings (SSSR count). The van der Waals surface area contributed by atoms with Crippen LogP contribution in [0, 0.1) is 0 Å². The lowest BCUT2D eigenvalue weighted by Crippen LogP contribution is -2.24. The number of nitrogens with one attached hydrogen (secondary N) is 1. The summed E-state index contributed by atoms with van der Waals surface area (Å²) in [6.45, 7) is 3.68. The van der Waals surface area contributed by atoms with Gasteiger partial charge in [0.1, 0.15) is 0 Å². The maximum atomic E-state index is 3.58. The monoisotopic (exact) mass is 198 g/mol. The molecule has 2 aliphatic rings. The maximum Gasteiger partial charge on any atom is 0.0459 e. The number of hydrogen-bond donors (Lipinski definition) is 1. The van der Waals surface area contributed by atoms with Gasteiger partial charge in [0, 0.05) is 35.6 Å². The SMILES string of the molecule is c1ccc2c3c([nH]c2c1)CN1CC[C@H]3C1. The molecule has 1 N–H and O–H groups in total. The topological polar surface area (TPSA) is 19.0 Å². The van der Waals surface area contributed by atoms with Crippen molar-refractivity contribution in [2.24, 2.45) is 0 Å². The number of rotatable bonds is 0. The van der Waals surface area contributed by atoms with Gasteiger partial charge in [0.2, 0.25) is 0 Å². The molecule has 1 fully saturated rings. The molecule has 15 heavy (non-hydrogen) atoms. The lowest BCUT2D eigenvalue weighted by molar-refractivity contribution is 0.310. The van der Waals surface area contributed by atoms with Crippen molar-refractivity contribution in [1.82, 2.24) is 9.88 Å². The molecule has 2 nitrogen and oxygen atoms in total. The molecular weight excluding hydrogens is 184 g/mol. The van der Waals surface area contributed by atoms with Gasteiger partial charge < -0.3 is 4.98 Å². The third kappa shape index (κ3) is 0.975. The average Bonchev–Trinajstić information content (AvgIpc) is 2.80. The Balaban J connectivity index is 2.05. The number of aromatic nitrogens is 1. The van der Waals surface area contributed by atoms with E-state index in [1.807, 2.05) is 0 Å². The molecule has 3 heterocycles. The highest BCUT2D eigenvalue weighted by atomic mass is 15.2. The van der Waals surface area contributed by atoms with Crippen molar-refractivity contribution >= 4 is 10.9 Å². The summed E-state index contributed by atoms with van der Waals surface area (Å²) in [6.07, 6.45) is 1.34. The van der Waals surface area contributed by atoms with Crippen molar-refractivity contribution in [2.45, 2.75) is 18.9 Å². The van der Waals surface area contributed by atoms with Gasteiger partial charge in [0.05, 0.1) is 0 Å². The van der Waals surface area contributed by atoms with Gasteiger partial charge >= 0.3 is 0 Å². The largest absolute Gasteiger partial charge is 0.357 e. The Bertz CT molecular complexity index is 526. The summed E-state index contributed by atoms with van der Waals surface area (Å²) in [5, 5.41) is 1.46. The van der Waals surface area contributed by atoms with E-state index >= 15 is 0 Å². The highest BCUT2D eigenvalue weighted by Gasteiger charge is 2.33. The Morgan fingerprint density at radius 3 is 3.20 bits per heavy atom. The molecule has 2 aromatic rings. The van der Waals surface area contributed by atoms with Gasteiger partial charge in [-0.1, -0.05) is 18.2 Å². The first-order valence-corrected chi connectivity index (χ1v) is 5.73. The second kappa shape index (κ2) is 2.64. The minimum atomic E-state index is 0.782. The number of aromatic amines is 1. The van der Waals surface area contributed by atoms with Crippen molar-refractivity contribution in [2.75, 3.05) is 13.1 Å². The van der Waals surface area contributed by atoms with Crippen molar-refractivity contribution in [3.05, 3.63) is 35.5 Å². The molecule has 2 bridgehead atoms. The fourth-order valence-electron chi connectivity index (χ4n) is 3.25. The molecule has 1 unspecified atom stereocenters. The third-order valence-corrected chi connectivity index (χ3v) is 3.89. The number of hydrogen-bond acceptors (Lipinski definition) is 1. The van der Waals surface area contributed by atoms with Crippen LogP contribution < -0.4 is 0 Å². The predicted octanol–water partition coefficient (Wildman–Crippen LogP) is 2.47. The average molecular weight is 198 g/mol. The summed E-state index contributed by atoms with van der Waals surface area (Å²) >= 11 is 0. The van der Waals surface area contributed by atoms with Gasteiger partial charge in [-0.25, -0.2) is 0 Å². The van der Waals surface area contributed by atoms with E-state index < -0.39 is 0 Å². The van der Waals surface area contributed by atoms with Gasteiger partial charge in [0.15, 0.2) is 0 Å². The lowest BCUT2D eigenvalue weighted by Gasteiger charge is -2.22. The second-order valence-corrected chi connectivity index (χ2v) is 4.78. The van der Waals surface area contributed by atoms with E-state index in [4.69, 9.17) is 0 Å². The van der Waals surface area contributed by atoms with Crippen LogP contribution in [-0.4, -0.2) is 23.0 Å². The summed E-state index contributed by atoms with van der Waals surface area (Å²) in [4.78, 5) is 6.13. The molecule has 2 atom stereocenters. The third-order valence-electron chi connectivity index (χ3n) is 3.89. The van der Waals surface area contributed by atoms with Crippen LogP contribution in [0.3, 0.4) is 0 Å². The van der Waals surface area contributed by atoms with Crippen LogP contribution in [0.1, 0.15) is 23.6 Å². The summed E-state index contributed by atoms with van der Waals surface area (Å²) in [6, 6.07) is 8.72. The standard InChI is InChI=1S/C13H14N2/c1-2-4-11-10(3-1)13-9-5-6-15(7-9)8-12(13)14-11/h1-4,9,14H,5-8H2/t9-/m0/s1. The number of fused-ring (bicyclic) bond motifs is 6. The van der Waals surface area contributed by atoms with Crippen LogP contribution in [0.15, 0.2) is 24.3 Å². The number of benzene rings is 1. The quantitative estimate of drug-likeness (QED) is 0.689. The Kier molecular flexibility index (Phi) is 1.40. The minimum Gasteiger partial charge on any atom is -0.357 e. The zero-order valence-corrected chi connectivity index (χ0v) is 8.66. The van der Waals surface area contributed by atoms with Crippen LogP contribution in [0.4, 0.5) is 0 Å². The van der Waals surface area contributed by atoms with E-state index in [9.17, 15) is 0 Å². The molecule has 1 saturated heterocycles. The molecule has 2 heteroatoms. The Labute approximate surface area is 88.9 Å². The molecule has 0 radical (unpaired) electrons. The van der Waals surface area contributed by atoms with Crippen molar-refractivity contribution in [3.8, 4) is 0 Å². The zero-order chi connectivity index (χ0) is 9.83. The van der Waals surface area contributed by atoms with Gasteiger partial charge in [-0.15, -0.1) is 0 Å². The fraction of sp³-hybridized carbons (Fsp3) is 0.385. The summed E-state index contributed by atoms with van der Waals surface area (Å²) in [5.74, 6) is 0.782. The van der Waals surface area contributed by atoms with Crippen LogP contribution in [0.2, 0.25) is 0 Å². The van der Waals surface area contributed by atoms with E-state index in [0.29, 0.717) is 0 Å². The van der Waals surface area contributed by atoms with Gasteiger partial charge in [-0.2, -0.15) is 0 Å².